The van der Waals surface area contributed by atoms with E-state index in [2.05, 4.69) is 31.1 Å². The fourth-order valence-corrected chi connectivity index (χ4v) is 2.26. The molecule has 0 saturated carbocycles. The molecule has 0 aliphatic rings. The summed E-state index contributed by atoms with van der Waals surface area (Å²) in [5.41, 5.74) is 4.24. The van der Waals surface area contributed by atoms with Gasteiger partial charge in [0.25, 0.3) is 0 Å². The first-order valence-corrected chi connectivity index (χ1v) is 6.91. The highest BCUT2D eigenvalue weighted by Gasteiger charge is 2.15. The number of hydrogen-bond acceptors (Lipinski definition) is 3. The Kier molecular flexibility index (Phi) is 4.21. The van der Waals surface area contributed by atoms with Gasteiger partial charge in [0.15, 0.2) is 0 Å². The number of aryl methyl sites for hydroxylation is 2. The van der Waals surface area contributed by atoms with Crippen molar-refractivity contribution in [2.75, 3.05) is 0 Å². The van der Waals surface area contributed by atoms with Gasteiger partial charge in [0.2, 0.25) is 0 Å². The number of nitriles is 1. The molecule has 0 saturated heterocycles. The molecule has 1 aromatic carbocycles. The fourth-order valence-electron chi connectivity index (χ4n) is 2.26. The van der Waals surface area contributed by atoms with Gasteiger partial charge in [0, 0.05) is 11.3 Å². The number of hydrogen-bond donors (Lipinski definition) is 1. The Morgan fingerprint density at radius 1 is 1.30 bits per heavy atom. The Hall–Kier alpha value is -2.12. The molecule has 1 unspecified atom stereocenters. The molecule has 104 valence electrons. The van der Waals surface area contributed by atoms with Crippen LogP contribution in [0.25, 0.3) is 5.69 Å². The summed E-state index contributed by atoms with van der Waals surface area (Å²) in [5.74, 6) is 0. The summed E-state index contributed by atoms with van der Waals surface area (Å²) >= 11 is 0. The van der Waals surface area contributed by atoms with Crippen molar-refractivity contribution in [1.82, 2.24) is 9.78 Å². The number of nitrogens with zero attached hydrogens (tertiary/aromatic N) is 3. The lowest BCUT2D eigenvalue weighted by Crippen LogP contribution is -2.07. The standard InChI is InChI=1S/C16H19N3O/c1-4-13-9-14(5-2)19(18-13)16-8-12(10-17)6-7-15(16)11(3)20/h6-9,11,20H,4-5H2,1-3H3. The van der Waals surface area contributed by atoms with Gasteiger partial charge < -0.3 is 5.11 Å². The molecular formula is C16H19N3O. The maximum Gasteiger partial charge on any atom is 0.0992 e. The lowest BCUT2D eigenvalue weighted by atomic mass is 10.1. The Morgan fingerprint density at radius 3 is 2.60 bits per heavy atom. The molecular weight excluding hydrogens is 250 g/mol. The van der Waals surface area contributed by atoms with Crippen LogP contribution < -0.4 is 0 Å². The van der Waals surface area contributed by atoms with Gasteiger partial charge in [-0.05, 0) is 38.0 Å². The van der Waals surface area contributed by atoms with Crippen molar-refractivity contribution in [2.24, 2.45) is 0 Å². The molecule has 4 nitrogen and oxygen atoms in total. The van der Waals surface area contributed by atoms with Gasteiger partial charge in [-0.3, -0.25) is 0 Å². The fraction of sp³-hybridized carbons (Fsp3) is 0.375. The van der Waals surface area contributed by atoms with Crippen LogP contribution >= 0.6 is 0 Å². The van der Waals surface area contributed by atoms with Crippen molar-refractivity contribution in [3.05, 3.63) is 46.8 Å². The molecule has 2 rings (SSSR count). The van der Waals surface area contributed by atoms with E-state index in [9.17, 15) is 5.11 Å². The number of aliphatic hydroxyl groups is 1. The predicted octanol–water partition coefficient (Wildman–Crippen LogP) is 2.92. The predicted molar refractivity (Wildman–Crippen MR) is 77.7 cm³/mol. The third kappa shape index (κ3) is 2.59. The van der Waals surface area contributed by atoms with Crippen LogP contribution in [-0.4, -0.2) is 14.9 Å². The van der Waals surface area contributed by atoms with Gasteiger partial charge in [-0.2, -0.15) is 10.4 Å². The summed E-state index contributed by atoms with van der Waals surface area (Å²) in [5, 5.41) is 23.6. The lowest BCUT2D eigenvalue weighted by Gasteiger charge is -2.14. The Bertz CT molecular complexity index is 650. The number of benzene rings is 1. The Morgan fingerprint density at radius 2 is 2.05 bits per heavy atom. The van der Waals surface area contributed by atoms with Crippen molar-refractivity contribution in [1.29, 1.82) is 5.26 Å². The highest BCUT2D eigenvalue weighted by molar-refractivity contribution is 5.49. The molecule has 0 bridgehead atoms. The van der Waals surface area contributed by atoms with Crippen LogP contribution in [0.4, 0.5) is 0 Å². The van der Waals surface area contributed by atoms with Gasteiger partial charge in [-0.25, -0.2) is 4.68 Å². The normalized spacial score (nSPS) is 12.2. The van der Waals surface area contributed by atoms with Crippen molar-refractivity contribution < 1.29 is 5.11 Å². The maximum atomic E-state index is 9.93. The topological polar surface area (TPSA) is 61.8 Å². The number of rotatable bonds is 4. The molecule has 0 fully saturated rings. The van der Waals surface area contributed by atoms with Crippen molar-refractivity contribution in [3.63, 3.8) is 0 Å². The van der Waals surface area contributed by atoms with Crippen LogP contribution in [0, 0.1) is 11.3 Å². The minimum Gasteiger partial charge on any atom is -0.389 e. The average Bonchev–Trinajstić information content (AvgIpc) is 2.89. The van der Waals surface area contributed by atoms with Gasteiger partial charge >= 0.3 is 0 Å². The van der Waals surface area contributed by atoms with E-state index in [0.29, 0.717) is 5.56 Å². The quantitative estimate of drug-likeness (QED) is 0.928. The molecule has 1 N–H and O–H groups in total. The minimum atomic E-state index is -0.600. The van der Waals surface area contributed by atoms with Crippen molar-refractivity contribution >= 4 is 0 Å². The molecule has 20 heavy (non-hydrogen) atoms. The molecule has 0 amide bonds. The second-order valence-corrected chi connectivity index (χ2v) is 4.81. The van der Waals surface area contributed by atoms with E-state index in [-0.39, 0.29) is 0 Å². The largest absolute Gasteiger partial charge is 0.389 e. The molecule has 1 atom stereocenters. The Labute approximate surface area is 119 Å². The first-order valence-electron chi connectivity index (χ1n) is 6.91. The highest BCUT2D eigenvalue weighted by atomic mass is 16.3. The van der Waals surface area contributed by atoms with E-state index >= 15 is 0 Å². The summed E-state index contributed by atoms with van der Waals surface area (Å²) < 4.78 is 1.85. The molecule has 0 aliphatic carbocycles. The van der Waals surface area contributed by atoms with Crippen LogP contribution in [0.1, 0.15) is 49.4 Å². The van der Waals surface area contributed by atoms with Gasteiger partial charge in [-0.1, -0.05) is 19.9 Å². The molecule has 0 aliphatic heterocycles. The number of aliphatic hydroxyl groups excluding tert-OH is 1. The zero-order valence-electron chi connectivity index (χ0n) is 12.1. The van der Waals surface area contributed by atoms with E-state index in [1.54, 1.807) is 25.1 Å². The third-order valence-electron chi connectivity index (χ3n) is 3.40. The van der Waals surface area contributed by atoms with Crippen LogP contribution in [0.2, 0.25) is 0 Å². The molecule has 1 heterocycles. The van der Waals surface area contributed by atoms with Crippen molar-refractivity contribution in [3.8, 4) is 11.8 Å². The van der Waals surface area contributed by atoms with Crippen LogP contribution in [0.5, 0.6) is 0 Å². The summed E-state index contributed by atoms with van der Waals surface area (Å²) in [6.45, 7) is 5.86. The SMILES string of the molecule is CCc1cc(CC)n(-c2cc(C#N)ccc2C(C)O)n1. The second kappa shape index (κ2) is 5.89. The molecule has 2 aromatic rings. The monoisotopic (exact) mass is 269 g/mol. The smallest absolute Gasteiger partial charge is 0.0992 e. The average molecular weight is 269 g/mol. The van der Waals surface area contributed by atoms with Gasteiger partial charge in [-0.15, -0.1) is 0 Å². The van der Waals surface area contributed by atoms with Crippen molar-refractivity contribution in [2.45, 2.75) is 39.7 Å². The highest BCUT2D eigenvalue weighted by Crippen LogP contribution is 2.24. The van der Waals surface area contributed by atoms with E-state index in [4.69, 9.17) is 5.26 Å². The van der Waals surface area contributed by atoms with Gasteiger partial charge in [0.1, 0.15) is 0 Å². The zero-order valence-corrected chi connectivity index (χ0v) is 12.1. The first-order chi connectivity index (χ1) is 9.60. The Balaban J connectivity index is 2.66. The van der Waals surface area contributed by atoms with Crippen LogP contribution in [0.15, 0.2) is 24.3 Å². The first kappa shape index (κ1) is 14.3. The zero-order chi connectivity index (χ0) is 14.7. The van der Waals surface area contributed by atoms with Gasteiger partial charge in [0.05, 0.1) is 29.1 Å². The number of aromatic nitrogens is 2. The van der Waals surface area contributed by atoms with E-state index in [1.165, 1.54) is 0 Å². The maximum absolute atomic E-state index is 9.93. The molecule has 0 radical (unpaired) electrons. The summed E-state index contributed by atoms with van der Waals surface area (Å²) in [6.07, 6.45) is 1.11. The third-order valence-corrected chi connectivity index (χ3v) is 3.40. The second-order valence-electron chi connectivity index (χ2n) is 4.81. The van der Waals surface area contributed by atoms with E-state index < -0.39 is 6.10 Å². The molecule has 0 spiro atoms. The van der Waals surface area contributed by atoms with E-state index in [1.807, 2.05) is 4.68 Å². The summed E-state index contributed by atoms with van der Waals surface area (Å²) in [6, 6.07) is 9.52. The lowest BCUT2D eigenvalue weighted by molar-refractivity contribution is 0.199. The van der Waals surface area contributed by atoms with Crippen LogP contribution in [-0.2, 0) is 12.8 Å². The minimum absolute atomic E-state index is 0.569. The molecule has 1 aromatic heterocycles. The van der Waals surface area contributed by atoms with E-state index in [0.717, 1.165) is 35.5 Å². The summed E-state index contributed by atoms with van der Waals surface area (Å²) in [7, 11) is 0. The summed E-state index contributed by atoms with van der Waals surface area (Å²) in [4.78, 5) is 0. The molecule has 4 heteroatoms. The van der Waals surface area contributed by atoms with Crippen LogP contribution in [0.3, 0.4) is 0 Å².